The molecular weight excluding hydrogens is 340 g/mol. The highest BCUT2D eigenvalue weighted by Crippen LogP contribution is 2.26. The second kappa shape index (κ2) is 7.97. The van der Waals surface area contributed by atoms with E-state index in [1.54, 1.807) is 11.1 Å². The molecule has 0 spiro atoms. The van der Waals surface area contributed by atoms with Crippen LogP contribution in [0.1, 0.15) is 36.9 Å². The van der Waals surface area contributed by atoms with Crippen molar-refractivity contribution in [2.24, 2.45) is 5.92 Å². The van der Waals surface area contributed by atoms with E-state index < -0.39 is 0 Å². The maximum atomic E-state index is 12.8. The summed E-state index contributed by atoms with van der Waals surface area (Å²) in [6, 6.07) is 4.64. The van der Waals surface area contributed by atoms with E-state index in [2.05, 4.69) is 9.88 Å². The number of carbonyl (C=O) groups excluding carboxylic acids is 2. The second-order valence-corrected chi connectivity index (χ2v) is 8.28. The van der Waals surface area contributed by atoms with Crippen molar-refractivity contribution in [3.05, 3.63) is 29.6 Å². The summed E-state index contributed by atoms with van der Waals surface area (Å²) in [5.74, 6) is 0.323. The van der Waals surface area contributed by atoms with Gasteiger partial charge in [0.2, 0.25) is 11.8 Å². The highest BCUT2D eigenvalue weighted by molar-refractivity contribution is 5.85. The summed E-state index contributed by atoms with van der Waals surface area (Å²) >= 11 is 0. The van der Waals surface area contributed by atoms with Crippen LogP contribution in [0.15, 0.2) is 18.3 Å². The summed E-state index contributed by atoms with van der Waals surface area (Å²) < 4.78 is 0. The van der Waals surface area contributed by atoms with Gasteiger partial charge in [0.15, 0.2) is 0 Å². The highest BCUT2D eigenvalue weighted by atomic mass is 16.2. The average molecular weight is 370 g/mol. The number of hydrogen-bond acceptors (Lipinski definition) is 4. The van der Waals surface area contributed by atoms with Crippen LogP contribution >= 0.6 is 0 Å². The number of nitrogens with zero attached hydrogens (tertiary/aromatic N) is 4. The van der Waals surface area contributed by atoms with E-state index in [9.17, 15) is 9.59 Å². The zero-order valence-electron chi connectivity index (χ0n) is 16.3. The van der Waals surface area contributed by atoms with Crippen LogP contribution in [-0.4, -0.2) is 76.8 Å². The Hall–Kier alpha value is -1.95. The van der Waals surface area contributed by atoms with Gasteiger partial charge in [0.25, 0.3) is 0 Å². The normalized spacial score (nSPS) is 22.1. The fraction of sp³-hybridized carbons (Fsp3) is 0.667. The van der Waals surface area contributed by atoms with Crippen molar-refractivity contribution in [1.29, 1.82) is 0 Å². The Labute approximate surface area is 161 Å². The summed E-state index contributed by atoms with van der Waals surface area (Å²) in [7, 11) is 0. The smallest absolute Gasteiger partial charge is 0.229 e. The first-order valence-electron chi connectivity index (χ1n) is 10.3. The van der Waals surface area contributed by atoms with Crippen LogP contribution in [0.2, 0.25) is 0 Å². The van der Waals surface area contributed by atoms with Crippen molar-refractivity contribution in [3.63, 3.8) is 0 Å². The molecule has 0 radical (unpaired) electrons. The van der Waals surface area contributed by atoms with Crippen LogP contribution in [0.4, 0.5) is 0 Å². The van der Waals surface area contributed by atoms with Gasteiger partial charge in [-0.05, 0) is 37.8 Å². The van der Waals surface area contributed by atoms with E-state index in [0.29, 0.717) is 19.5 Å². The lowest BCUT2D eigenvalue weighted by Gasteiger charge is -2.40. The number of aryl methyl sites for hydroxylation is 1. The van der Waals surface area contributed by atoms with Gasteiger partial charge in [-0.2, -0.15) is 0 Å². The second-order valence-electron chi connectivity index (χ2n) is 8.28. The van der Waals surface area contributed by atoms with Crippen LogP contribution in [0, 0.1) is 12.8 Å². The molecule has 0 aromatic carbocycles. The number of hydrogen-bond donors (Lipinski definition) is 0. The van der Waals surface area contributed by atoms with Crippen molar-refractivity contribution < 1.29 is 9.59 Å². The van der Waals surface area contributed by atoms with Crippen LogP contribution in [-0.2, 0) is 16.0 Å². The molecule has 0 N–H and O–H groups in total. The Balaban J connectivity index is 1.23. The van der Waals surface area contributed by atoms with Crippen molar-refractivity contribution in [3.8, 4) is 0 Å². The molecule has 3 aliphatic rings. The predicted molar refractivity (Wildman–Crippen MR) is 103 cm³/mol. The Morgan fingerprint density at radius 1 is 1.04 bits per heavy atom. The molecule has 2 amide bonds. The molecule has 146 valence electrons. The third-order valence-corrected chi connectivity index (χ3v) is 6.34. The maximum absolute atomic E-state index is 12.8. The van der Waals surface area contributed by atoms with Crippen molar-refractivity contribution in [1.82, 2.24) is 19.7 Å². The molecule has 2 aliphatic heterocycles. The number of likely N-dealkylation sites (tertiary alicyclic amines) is 1. The van der Waals surface area contributed by atoms with Gasteiger partial charge in [-0.15, -0.1) is 0 Å². The van der Waals surface area contributed by atoms with Gasteiger partial charge in [0, 0.05) is 57.2 Å². The molecule has 1 aromatic rings. The Morgan fingerprint density at radius 2 is 1.85 bits per heavy atom. The lowest BCUT2D eigenvalue weighted by atomic mass is 9.91. The van der Waals surface area contributed by atoms with Gasteiger partial charge in [0.05, 0.1) is 12.3 Å². The van der Waals surface area contributed by atoms with Gasteiger partial charge in [-0.25, -0.2) is 0 Å². The minimum absolute atomic E-state index is 0.0136. The van der Waals surface area contributed by atoms with Crippen LogP contribution in [0.3, 0.4) is 0 Å². The van der Waals surface area contributed by atoms with Crippen molar-refractivity contribution >= 4 is 11.8 Å². The Kier molecular flexibility index (Phi) is 5.43. The lowest BCUT2D eigenvalue weighted by Crippen LogP contribution is -2.57. The number of carbonyl (C=O) groups is 2. The van der Waals surface area contributed by atoms with E-state index >= 15 is 0 Å². The van der Waals surface area contributed by atoms with Gasteiger partial charge in [-0.3, -0.25) is 19.5 Å². The number of amides is 2. The van der Waals surface area contributed by atoms with E-state index in [-0.39, 0.29) is 17.7 Å². The molecule has 1 aromatic heterocycles. The third-order valence-electron chi connectivity index (χ3n) is 6.34. The number of pyridine rings is 1. The summed E-state index contributed by atoms with van der Waals surface area (Å²) in [5.41, 5.74) is 1.89. The molecule has 6 heteroatoms. The Morgan fingerprint density at radius 3 is 2.52 bits per heavy atom. The summed E-state index contributed by atoms with van der Waals surface area (Å²) in [6.45, 7) is 6.90. The molecule has 1 aliphatic carbocycles. The topological polar surface area (TPSA) is 56.8 Å². The quantitative estimate of drug-likeness (QED) is 0.806. The van der Waals surface area contributed by atoms with Gasteiger partial charge < -0.3 is 9.80 Å². The minimum atomic E-state index is -0.0136. The SMILES string of the molecule is Cc1ccc(CC(=O)N2CC(C(=O)N3CCCN(C4CCC4)CC3)C2)cn1. The van der Waals surface area contributed by atoms with Gasteiger partial charge >= 0.3 is 0 Å². The third kappa shape index (κ3) is 4.15. The molecule has 6 nitrogen and oxygen atoms in total. The van der Waals surface area contributed by atoms with Crippen LogP contribution in [0.25, 0.3) is 0 Å². The van der Waals surface area contributed by atoms with Crippen molar-refractivity contribution in [2.45, 2.75) is 45.1 Å². The molecule has 27 heavy (non-hydrogen) atoms. The van der Waals surface area contributed by atoms with Crippen LogP contribution < -0.4 is 0 Å². The fourth-order valence-corrected chi connectivity index (χ4v) is 4.26. The number of rotatable bonds is 4. The largest absolute Gasteiger partial charge is 0.341 e. The minimum Gasteiger partial charge on any atom is -0.341 e. The summed E-state index contributed by atoms with van der Waals surface area (Å²) in [5, 5.41) is 0. The standard InChI is InChI=1S/C21H30N4O2/c1-16-6-7-17(13-22-16)12-20(26)25-14-18(15-25)21(27)24-9-3-8-23(10-11-24)19-4-2-5-19/h6-7,13,18-19H,2-5,8-12,14-15H2,1H3. The molecule has 0 bridgehead atoms. The molecule has 2 saturated heterocycles. The molecule has 1 saturated carbocycles. The first kappa shape index (κ1) is 18.4. The molecule has 0 unspecified atom stereocenters. The average Bonchev–Trinajstić information content (AvgIpc) is 2.80. The number of aromatic nitrogens is 1. The molecular formula is C21H30N4O2. The zero-order chi connectivity index (χ0) is 18.8. The Bertz CT molecular complexity index is 680. The predicted octanol–water partition coefficient (Wildman–Crippen LogP) is 1.48. The van der Waals surface area contributed by atoms with Gasteiger partial charge in [0.1, 0.15) is 0 Å². The fourth-order valence-electron chi connectivity index (χ4n) is 4.26. The van der Waals surface area contributed by atoms with Gasteiger partial charge in [-0.1, -0.05) is 12.5 Å². The van der Waals surface area contributed by atoms with E-state index in [1.165, 1.54) is 19.3 Å². The summed E-state index contributed by atoms with van der Waals surface area (Å²) in [4.78, 5) is 35.9. The summed E-state index contributed by atoms with van der Waals surface area (Å²) in [6.07, 6.45) is 7.20. The van der Waals surface area contributed by atoms with E-state index in [0.717, 1.165) is 49.9 Å². The molecule has 3 heterocycles. The van der Waals surface area contributed by atoms with Crippen molar-refractivity contribution in [2.75, 3.05) is 39.3 Å². The molecule has 0 atom stereocenters. The van der Waals surface area contributed by atoms with Crippen LogP contribution in [0.5, 0.6) is 0 Å². The molecule has 3 fully saturated rings. The maximum Gasteiger partial charge on any atom is 0.229 e. The lowest BCUT2D eigenvalue weighted by molar-refractivity contribution is -0.148. The first-order valence-corrected chi connectivity index (χ1v) is 10.3. The molecule has 4 rings (SSSR count). The van der Waals surface area contributed by atoms with E-state index in [4.69, 9.17) is 0 Å². The first-order chi connectivity index (χ1) is 13.1. The van der Waals surface area contributed by atoms with E-state index in [1.807, 2.05) is 24.0 Å². The monoisotopic (exact) mass is 370 g/mol. The highest BCUT2D eigenvalue weighted by Gasteiger charge is 2.38. The zero-order valence-corrected chi connectivity index (χ0v) is 16.3.